The number of nitrogens with two attached hydrogens (primary N) is 4. The molecule has 0 spiro atoms. The SMILES string of the molecule is NC1=CCC2(N)C=CC3(N)C=CC(N)C1=C32.O.O.O.O.O.O.O.O. The molecule has 3 aliphatic carbocycles. The van der Waals surface area contributed by atoms with E-state index in [1.807, 2.05) is 30.4 Å². The normalized spacial score (nSPS) is 29.8. The maximum atomic E-state index is 6.35. The molecule has 12 nitrogen and oxygen atoms in total. The lowest BCUT2D eigenvalue weighted by Gasteiger charge is -2.40. The first-order chi connectivity index (χ1) is 7.46. The quantitative estimate of drug-likeness (QED) is 0.305. The van der Waals surface area contributed by atoms with Gasteiger partial charge < -0.3 is 66.7 Å². The lowest BCUT2D eigenvalue weighted by molar-refractivity contribution is 0.553. The van der Waals surface area contributed by atoms with Crippen molar-refractivity contribution in [3.05, 3.63) is 47.2 Å². The molecule has 0 radical (unpaired) electrons. The summed E-state index contributed by atoms with van der Waals surface area (Å²) in [6.07, 6.45) is 10.3. The molecule has 0 fully saturated rings. The summed E-state index contributed by atoms with van der Waals surface area (Å²) in [6.45, 7) is 0. The fourth-order valence-electron chi connectivity index (χ4n) is 2.90. The molecular weight excluding hydrogens is 328 g/mol. The molecule has 0 aromatic heterocycles. The zero-order valence-electron chi connectivity index (χ0n) is 13.0. The first-order valence-corrected chi connectivity index (χ1v) is 5.40. The fraction of sp³-hybridized carbons (Fsp3) is 0.333. The van der Waals surface area contributed by atoms with Crippen LogP contribution in [0.25, 0.3) is 0 Å². The third kappa shape index (κ3) is 4.44. The predicted molar refractivity (Wildman–Crippen MR) is 92.9 cm³/mol. The molecule has 24 N–H and O–H groups in total. The van der Waals surface area contributed by atoms with Gasteiger partial charge in [-0.15, -0.1) is 0 Å². The average Bonchev–Trinajstić information content (AvgIpc) is 2.52. The van der Waals surface area contributed by atoms with Crippen LogP contribution < -0.4 is 22.9 Å². The Kier molecular flexibility index (Phi) is 17.4. The van der Waals surface area contributed by atoms with Gasteiger partial charge in [0.05, 0.1) is 17.1 Å². The van der Waals surface area contributed by atoms with Crippen molar-refractivity contribution in [3.63, 3.8) is 0 Å². The molecule has 3 unspecified atom stereocenters. The van der Waals surface area contributed by atoms with Crippen LogP contribution in [-0.4, -0.2) is 60.9 Å². The zero-order chi connectivity index (χ0) is 11.6. The van der Waals surface area contributed by atoms with Gasteiger partial charge in [-0.3, -0.25) is 0 Å². The molecule has 0 heterocycles. The van der Waals surface area contributed by atoms with Crippen molar-refractivity contribution in [1.29, 1.82) is 0 Å². The summed E-state index contributed by atoms with van der Waals surface area (Å²) in [5.41, 5.74) is 26.2. The fourth-order valence-corrected chi connectivity index (χ4v) is 2.90. The van der Waals surface area contributed by atoms with E-state index in [1.54, 1.807) is 0 Å². The highest BCUT2D eigenvalue weighted by atomic mass is 16.0. The Morgan fingerprint density at radius 1 is 0.833 bits per heavy atom. The number of hydrogen-bond donors (Lipinski definition) is 4. The van der Waals surface area contributed by atoms with E-state index >= 15 is 0 Å². The summed E-state index contributed by atoms with van der Waals surface area (Å²) in [6, 6.07) is -0.203. The third-order valence-electron chi connectivity index (χ3n) is 3.71. The van der Waals surface area contributed by atoms with Crippen molar-refractivity contribution in [2.45, 2.75) is 23.5 Å². The van der Waals surface area contributed by atoms with E-state index in [0.717, 1.165) is 11.1 Å². The highest BCUT2D eigenvalue weighted by Gasteiger charge is 2.48. The molecule has 12 heteroatoms. The Morgan fingerprint density at radius 3 is 1.83 bits per heavy atom. The summed E-state index contributed by atoms with van der Waals surface area (Å²) >= 11 is 0. The molecule has 0 saturated heterocycles. The van der Waals surface area contributed by atoms with Crippen LogP contribution in [0, 0.1) is 0 Å². The second-order valence-electron chi connectivity index (χ2n) is 4.84. The summed E-state index contributed by atoms with van der Waals surface area (Å²) < 4.78 is 0. The molecule has 0 saturated carbocycles. The minimum Gasteiger partial charge on any atom is -0.412 e. The van der Waals surface area contributed by atoms with Gasteiger partial charge in [0.15, 0.2) is 0 Å². The second-order valence-corrected chi connectivity index (χ2v) is 4.84. The lowest BCUT2D eigenvalue weighted by atomic mass is 9.71. The van der Waals surface area contributed by atoms with E-state index in [4.69, 9.17) is 22.9 Å². The molecule has 0 amide bonds. The lowest BCUT2D eigenvalue weighted by Crippen LogP contribution is -2.53. The zero-order valence-corrected chi connectivity index (χ0v) is 13.0. The summed E-state index contributed by atoms with van der Waals surface area (Å²) in [4.78, 5) is 0. The molecule has 0 aromatic carbocycles. The van der Waals surface area contributed by atoms with Gasteiger partial charge in [0, 0.05) is 5.70 Å². The molecule has 24 heavy (non-hydrogen) atoms. The Labute approximate surface area is 138 Å². The minimum atomic E-state index is -0.598. The van der Waals surface area contributed by atoms with Gasteiger partial charge in [-0.2, -0.15) is 0 Å². The van der Waals surface area contributed by atoms with Crippen molar-refractivity contribution < 1.29 is 43.8 Å². The standard InChI is InChI=1S/C12H16N4.8H2O/c13-7-1-3-11(15)5-6-12(16)4-2-8(14)9(7)10(11)12;;;;;;;;/h1-3,5-7H,4,13-16H2;8*1H2. The Hall–Kier alpha value is -1.68. The van der Waals surface area contributed by atoms with Gasteiger partial charge in [-0.1, -0.05) is 30.4 Å². The van der Waals surface area contributed by atoms with Crippen LogP contribution >= 0.6 is 0 Å². The highest BCUT2D eigenvalue weighted by Crippen LogP contribution is 2.45. The van der Waals surface area contributed by atoms with Crippen molar-refractivity contribution in [2.75, 3.05) is 0 Å². The van der Waals surface area contributed by atoms with Crippen LogP contribution in [0.2, 0.25) is 0 Å². The van der Waals surface area contributed by atoms with Gasteiger partial charge in [0.2, 0.25) is 0 Å². The van der Waals surface area contributed by atoms with Gasteiger partial charge >= 0.3 is 0 Å². The molecule has 0 aromatic rings. The van der Waals surface area contributed by atoms with Crippen LogP contribution in [0.5, 0.6) is 0 Å². The first kappa shape index (κ1) is 38.1. The van der Waals surface area contributed by atoms with E-state index in [1.165, 1.54) is 0 Å². The van der Waals surface area contributed by atoms with Gasteiger partial charge in [-0.05, 0) is 17.6 Å². The topological polar surface area (TPSA) is 356 Å². The molecule has 3 rings (SSSR count). The second kappa shape index (κ2) is 11.0. The van der Waals surface area contributed by atoms with Gasteiger partial charge in [-0.25, -0.2) is 0 Å². The van der Waals surface area contributed by atoms with Crippen molar-refractivity contribution in [3.8, 4) is 0 Å². The van der Waals surface area contributed by atoms with Crippen LogP contribution in [-0.2, 0) is 0 Å². The van der Waals surface area contributed by atoms with Gasteiger partial charge in [0.25, 0.3) is 0 Å². The predicted octanol–water partition coefficient (Wildman–Crippen LogP) is -7.21. The largest absolute Gasteiger partial charge is 0.412 e. The van der Waals surface area contributed by atoms with E-state index in [-0.39, 0.29) is 49.9 Å². The Balaban J connectivity index is -0.000000101. The monoisotopic (exact) mass is 360 g/mol. The van der Waals surface area contributed by atoms with Crippen molar-refractivity contribution in [1.82, 2.24) is 0 Å². The minimum absolute atomic E-state index is 0. The summed E-state index contributed by atoms with van der Waals surface area (Å²) in [5.74, 6) is 0. The Bertz CT molecular complexity index is 507. The first-order valence-electron chi connectivity index (χ1n) is 5.40. The molecule has 0 bridgehead atoms. The number of hydrogen-bond acceptors (Lipinski definition) is 4. The third-order valence-corrected chi connectivity index (χ3v) is 3.71. The van der Waals surface area contributed by atoms with Crippen LogP contribution in [0.15, 0.2) is 47.2 Å². The van der Waals surface area contributed by atoms with Crippen molar-refractivity contribution >= 4 is 0 Å². The molecule has 0 aliphatic heterocycles. The Morgan fingerprint density at radius 2 is 1.33 bits per heavy atom. The van der Waals surface area contributed by atoms with E-state index in [2.05, 4.69) is 0 Å². The maximum absolute atomic E-state index is 6.35. The molecular formula is C12H32N4O8. The van der Waals surface area contributed by atoms with Crippen LogP contribution in [0.1, 0.15) is 6.42 Å². The van der Waals surface area contributed by atoms with E-state index in [0.29, 0.717) is 12.1 Å². The highest BCUT2D eigenvalue weighted by molar-refractivity contribution is 5.64. The molecule has 3 aliphatic rings. The smallest absolute Gasteiger partial charge is 0.0771 e. The maximum Gasteiger partial charge on any atom is 0.0771 e. The van der Waals surface area contributed by atoms with Crippen molar-refractivity contribution in [2.24, 2.45) is 22.9 Å². The summed E-state index contributed by atoms with van der Waals surface area (Å²) in [7, 11) is 0. The average molecular weight is 360 g/mol. The van der Waals surface area contributed by atoms with Crippen LogP contribution in [0.4, 0.5) is 0 Å². The number of rotatable bonds is 0. The van der Waals surface area contributed by atoms with E-state index in [9.17, 15) is 0 Å². The molecule has 3 atom stereocenters. The summed E-state index contributed by atoms with van der Waals surface area (Å²) in [5, 5.41) is 0. The van der Waals surface area contributed by atoms with Crippen LogP contribution in [0.3, 0.4) is 0 Å². The van der Waals surface area contributed by atoms with Gasteiger partial charge in [0.1, 0.15) is 0 Å². The van der Waals surface area contributed by atoms with E-state index < -0.39 is 11.1 Å². The molecule has 148 valence electrons.